The smallest absolute Gasteiger partial charge is 0.191 e. The molecule has 1 saturated heterocycles. The van der Waals surface area contributed by atoms with Gasteiger partial charge in [-0.2, -0.15) is 11.8 Å². The first kappa shape index (κ1) is 22.3. The molecule has 1 atom stereocenters. The Morgan fingerprint density at radius 3 is 2.77 bits per heavy atom. The zero-order chi connectivity index (χ0) is 15.6. The standard InChI is InChI=1S/C15H31N3O2S.HI/c1-4-16-14(17-7-5-8-20-10-13(2)3)18-11-15(19)6-9-21-12-15;/h13,19H,4-12H2,1-3H3,(H2,16,17,18);1H. The summed E-state index contributed by atoms with van der Waals surface area (Å²) in [6.07, 6.45) is 1.79. The number of ether oxygens (including phenoxy) is 1. The number of rotatable bonds is 9. The Balaban J connectivity index is 0.00000441. The van der Waals surface area contributed by atoms with Crippen LogP contribution in [0.5, 0.6) is 0 Å². The Bertz CT molecular complexity index is 311. The maximum Gasteiger partial charge on any atom is 0.191 e. The largest absolute Gasteiger partial charge is 0.387 e. The van der Waals surface area contributed by atoms with Gasteiger partial charge in [0, 0.05) is 32.1 Å². The molecule has 1 aliphatic heterocycles. The molecule has 0 aliphatic carbocycles. The molecule has 0 bridgehead atoms. The fraction of sp³-hybridized carbons (Fsp3) is 0.933. The second-order valence-corrected chi connectivity index (χ2v) is 7.08. The van der Waals surface area contributed by atoms with Gasteiger partial charge in [-0.05, 0) is 31.4 Å². The van der Waals surface area contributed by atoms with E-state index in [1.54, 1.807) is 11.8 Å². The molecule has 0 radical (unpaired) electrons. The molecule has 7 heteroatoms. The first-order valence-corrected chi connectivity index (χ1v) is 9.11. The van der Waals surface area contributed by atoms with Crippen molar-refractivity contribution >= 4 is 41.7 Å². The summed E-state index contributed by atoms with van der Waals surface area (Å²) >= 11 is 1.80. The van der Waals surface area contributed by atoms with Crippen molar-refractivity contribution in [1.29, 1.82) is 0 Å². The molecule has 0 saturated carbocycles. The molecule has 0 aromatic rings. The summed E-state index contributed by atoms with van der Waals surface area (Å²) in [5.74, 6) is 3.19. The zero-order valence-electron chi connectivity index (χ0n) is 14.1. The Kier molecular flexibility index (Phi) is 12.8. The maximum absolute atomic E-state index is 10.3. The van der Waals surface area contributed by atoms with Crippen molar-refractivity contribution in [2.75, 3.05) is 44.4 Å². The average molecular weight is 445 g/mol. The van der Waals surface area contributed by atoms with Gasteiger partial charge >= 0.3 is 0 Å². The van der Waals surface area contributed by atoms with Crippen molar-refractivity contribution in [3.05, 3.63) is 0 Å². The van der Waals surface area contributed by atoms with Crippen molar-refractivity contribution in [3.8, 4) is 0 Å². The van der Waals surface area contributed by atoms with Gasteiger partial charge in [-0.3, -0.25) is 4.99 Å². The highest BCUT2D eigenvalue weighted by molar-refractivity contribution is 14.0. The third-order valence-corrected chi connectivity index (χ3v) is 4.40. The molecule has 0 aromatic carbocycles. The number of hydrogen-bond acceptors (Lipinski definition) is 4. The molecular weight excluding hydrogens is 413 g/mol. The van der Waals surface area contributed by atoms with Crippen LogP contribution in [0.15, 0.2) is 4.99 Å². The van der Waals surface area contributed by atoms with Crippen LogP contribution < -0.4 is 10.6 Å². The minimum Gasteiger partial charge on any atom is -0.387 e. The molecule has 3 N–H and O–H groups in total. The van der Waals surface area contributed by atoms with E-state index in [4.69, 9.17) is 4.74 Å². The number of aliphatic imine (C=N–C) groups is 1. The highest BCUT2D eigenvalue weighted by Gasteiger charge is 2.31. The second kappa shape index (κ2) is 12.7. The summed E-state index contributed by atoms with van der Waals surface area (Å²) in [6, 6.07) is 0. The van der Waals surface area contributed by atoms with Crippen molar-refractivity contribution < 1.29 is 9.84 Å². The predicted molar refractivity (Wildman–Crippen MR) is 107 cm³/mol. The van der Waals surface area contributed by atoms with Gasteiger partial charge in [0.1, 0.15) is 0 Å². The van der Waals surface area contributed by atoms with Crippen LogP contribution in [0, 0.1) is 5.92 Å². The van der Waals surface area contributed by atoms with Crippen LogP contribution in [0.2, 0.25) is 0 Å². The number of nitrogens with zero attached hydrogens (tertiary/aromatic N) is 1. The molecule has 0 amide bonds. The van der Waals surface area contributed by atoms with Crippen molar-refractivity contribution in [1.82, 2.24) is 10.6 Å². The van der Waals surface area contributed by atoms with Gasteiger partial charge in [0.05, 0.1) is 12.1 Å². The number of guanidine groups is 1. The molecule has 1 fully saturated rings. The molecule has 5 nitrogen and oxygen atoms in total. The van der Waals surface area contributed by atoms with Gasteiger partial charge in [0.25, 0.3) is 0 Å². The SMILES string of the molecule is CCNC(=NCC1(O)CCSC1)NCCCOCC(C)C.I. The summed E-state index contributed by atoms with van der Waals surface area (Å²) in [4.78, 5) is 4.50. The van der Waals surface area contributed by atoms with E-state index in [1.807, 2.05) is 6.92 Å². The second-order valence-electron chi connectivity index (χ2n) is 5.97. The zero-order valence-corrected chi connectivity index (χ0v) is 17.2. The van der Waals surface area contributed by atoms with Gasteiger partial charge in [0.2, 0.25) is 0 Å². The summed E-state index contributed by atoms with van der Waals surface area (Å²) in [6.45, 7) is 10.1. The van der Waals surface area contributed by atoms with Crippen molar-refractivity contribution in [3.63, 3.8) is 0 Å². The van der Waals surface area contributed by atoms with E-state index in [-0.39, 0.29) is 24.0 Å². The predicted octanol–water partition coefficient (Wildman–Crippen LogP) is 2.09. The van der Waals surface area contributed by atoms with E-state index in [0.29, 0.717) is 12.5 Å². The van der Waals surface area contributed by atoms with Crippen molar-refractivity contribution in [2.45, 2.75) is 39.2 Å². The minimum atomic E-state index is -0.618. The molecule has 1 unspecified atom stereocenters. The van der Waals surface area contributed by atoms with Gasteiger partial charge in [-0.15, -0.1) is 24.0 Å². The van der Waals surface area contributed by atoms with Crippen LogP contribution in [0.25, 0.3) is 0 Å². The summed E-state index contributed by atoms with van der Waals surface area (Å²) in [5, 5.41) is 16.8. The normalized spacial score (nSPS) is 21.8. The first-order chi connectivity index (χ1) is 10.1. The van der Waals surface area contributed by atoms with Gasteiger partial charge < -0.3 is 20.5 Å². The third-order valence-electron chi connectivity index (χ3n) is 3.17. The Hall–Kier alpha value is 0.270. The van der Waals surface area contributed by atoms with E-state index < -0.39 is 5.60 Å². The monoisotopic (exact) mass is 445 g/mol. The number of thioether (sulfide) groups is 1. The molecule has 22 heavy (non-hydrogen) atoms. The lowest BCUT2D eigenvalue weighted by Crippen LogP contribution is -2.40. The van der Waals surface area contributed by atoms with Crippen LogP contribution in [-0.4, -0.2) is 61.0 Å². The van der Waals surface area contributed by atoms with Crippen LogP contribution in [0.3, 0.4) is 0 Å². The summed E-state index contributed by atoms with van der Waals surface area (Å²) in [5.41, 5.74) is -0.618. The fourth-order valence-electron chi connectivity index (χ4n) is 1.99. The Morgan fingerprint density at radius 1 is 1.41 bits per heavy atom. The van der Waals surface area contributed by atoms with Crippen LogP contribution in [-0.2, 0) is 4.74 Å². The van der Waals surface area contributed by atoms with Crippen LogP contribution in [0.1, 0.15) is 33.6 Å². The van der Waals surface area contributed by atoms with Gasteiger partial charge in [-0.1, -0.05) is 13.8 Å². The lowest BCUT2D eigenvalue weighted by atomic mass is 10.1. The number of halogens is 1. The van der Waals surface area contributed by atoms with Crippen molar-refractivity contribution in [2.24, 2.45) is 10.9 Å². The van der Waals surface area contributed by atoms with E-state index in [1.165, 1.54) is 0 Å². The molecule has 1 rings (SSSR count). The van der Waals surface area contributed by atoms with Crippen LogP contribution >= 0.6 is 35.7 Å². The third kappa shape index (κ3) is 10.1. The van der Waals surface area contributed by atoms with Crippen LogP contribution in [0.4, 0.5) is 0 Å². The number of hydrogen-bond donors (Lipinski definition) is 3. The van der Waals surface area contributed by atoms with E-state index in [9.17, 15) is 5.11 Å². The van der Waals surface area contributed by atoms with E-state index in [2.05, 4.69) is 29.5 Å². The van der Waals surface area contributed by atoms with Gasteiger partial charge in [-0.25, -0.2) is 0 Å². The highest BCUT2D eigenvalue weighted by Crippen LogP contribution is 2.27. The average Bonchev–Trinajstić information content (AvgIpc) is 2.87. The maximum atomic E-state index is 10.3. The van der Waals surface area contributed by atoms with Gasteiger partial charge in [0.15, 0.2) is 5.96 Å². The lowest BCUT2D eigenvalue weighted by molar-refractivity contribution is 0.0778. The number of nitrogens with one attached hydrogen (secondary N) is 2. The molecule has 0 spiro atoms. The van der Waals surface area contributed by atoms with E-state index in [0.717, 1.165) is 56.6 Å². The number of aliphatic hydroxyl groups is 1. The quantitative estimate of drug-likeness (QED) is 0.220. The summed E-state index contributed by atoms with van der Waals surface area (Å²) in [7, 11) is 0. The lowest BCUT2D eigenvalue weighted by Gasteiger charge is -2.19. The highest BCUT2D eigenvalue weighted by atomic mass is 127. The van der Waals surface area contributed by atoms with E-state index >= 15 is 0 Å². The summed E-state index contributed by atoms with van der Waals surface area (Å²) < 4.78 is 5.55. The fourth-order valence-corrected chi connectivity index (χ4v) is 3.27. The first-order valence-electron chi connectivity index (χ1n) is 7.96. The Labute approximate surface area is 156 Å². The Morgan fingerprint density at radius 2 is 2.18 bits per heavy atom. The topological polar surface area (TPSA) is 65.9 Å². The molecule has 1 aliphatic rings. The molecule has 0 aromatic heterocycles. The molecular formula is C15H32IN3O2S. The molecule has 1 heterocycles. The molecule has 132 valence electrons. The minimum absolute atomic E-state index is 0.